The van der Waals surface area contributed by atoms with Crippen LogP contribution < -0.4 is 0 Å². The molecule has 7 heteroatoms. The fourth-order valence-corrected chi connectivity index (χ4v) is 1.30. The molecule has 0 saturated carbocycles. The lowest BCUT2D eigenvalue weighted by molar-refractivity contribution is -0.131. The van der Waals surface area contributed by atoms with Gasteiger partial charge in [-0.2, -0.15) is 0 Å². The van der Waals surface area contributed by atoms with E-state index in [1.54, 1.807) is 6.92 Å². The van der Waals surface area contributed by atoms with Crippen molar-refractivity contribution < 1.29 is 28.6 Å². The minimum Gasteiger partial charge on any atom is -0.475 e. The van der Waals surface area contributed by atoms with Crippen LogP contribution in [0.25, 0.3) is 0 Å². The van der Waals surface area contributed by atoms with E-state index in [4.69, 9.17) is 5.11 Å². The molecular formula is C10H10FNO5. The molecule has 1 aromatic heterocycles. The first-order chi connectivity index (χ1) is 8.02. The van der Waals surface area contributed by atoms with Crippen molar-refractivity contribution in [2.24, 2.45) is 0 Å². The van der Waals surface area contributed by atoms with Gasteiger partial charge in [-0.15, -0.1) is 0 Å². The van der Waals surface area contributed by atoms with Gasteiger partial charge >= 0.3 is 11.9 Å². The lowest BCUT2D eigenvalue weighted by Gasteiger charge is -2.01. The van der Waals surface area contributed by atoms with Crippen LogP contribution in [0.15, 0.2) is 6.20 Å². The maximum absolute atomic E-state index is 12.7. The van der Waals surface area contributed by atoms with Crippen LogP contribution in [0.4, 0.5) is 4.39 Å². The summed E-state index contributed by atoms with van der Waals surface area (Å²) in [5.74, 6) is -3.82. The maximum atomic E-state index is 12.7. The Morgan fingerprint density at radius 1 is 1.47 bits per heavy atom. The molecule has 0 aliphatic carbocycles. The highest BCUT2D eigenvalue weighted by Gasteiger charge is 2.25. The van der Waals surface area contributed by atoms with E-state index in [2.05, 4.69) is 9.72 Å². The predicted molar refractivity (Wildman–Crippen MR) is 53.5 cm³/mol. The average molecular weight is 243 g/mol. The SMILES string of the molecule is CCOC(=O)c1[nH]cc(C(=O)C(=O)O)c1CF. The highest BCUT2D eigenvalue weighted by atomic mass is 19.1. The number of aliphatic carboxylic acids is 1. The Balaban J connectivity index is 3.16. The molecule has 0 atom stereocenters. The van der Waals surface area contributed by atoms with Crippen LogP contribution in [0.1, 0.15) is 33.3 Å². The molecule has 0 spiro atoms. The summed E-state index contributed by atoms with van der Waals surface area (Å²) in [4.78, 5) is 35.3. The zero-order valence-corrected chi connectivity index (χ0v) is 8.95. The largest absolute Gasteiger partial charge is 0.475 e. The standard InChI is InChI=1S/C10H10FNO5/c1-2-17-10(16)7-5(3-11)6(4-12-7)8(13)9(14)15/h4,12H,2-3H2,1H3,(H,14,15). The van der Waals surface area contributed by atoms with E-state index in [1.165, 1.54) is 0 Å². The van der Waals surface area contributed by atoms with E-state index >= 15 is 0 Å². The number of H-pyrrole nitrogens is 1. The zero-order valence-electron chi connectivity index (χ0n) is 8.95. The predicted octanol–water partition coefficient (Wildman–Crippen LogP) is 0.928. The van der Waals surface area contributed by atoms with Gasteiger partial charge in [0.15, 0.2) is 0 Å². The maximum Gasteiger partial charge on any atom is 0.377 e. The van der Waals surface area contributed by atoms with Gasteiger partial charge in [0.2, 0.25) is 0 Å². The van der Waals surface area contributed by atoms with Crippen molar-refractivity contribution >= 4 is 17.7 Å². The van der Waals surface area contributed by atoms with Crippen molar-refractivity contribution in [3.8, 4) is 0 Å². The first-order valence-electron chi connectivity index (χ1n) is 4.73. The first kappa shape index (κ1) is 12.9. The second-order valence-corrected chi connectivity index (χ2v) is 3.04. The van der Waals surface area contributed by atoms with Crippen molar-refractivity contribution in [3.63, 3.8) is 0 Å². The number of ketones is 1. The number of rotatable bonds is 5. The van der Waals surface area contributed by atoms with Crippen molar-refractivity contribution in [2.75, 3.05) is 6.61 Å². The molecule has 1 rings (SSSR count). The topological polar surface area (TPSA) is 96.5 Å². The molecule has 1 aromatic rings. The van der Waals surface area contributed by atoms with Crippen LogP contribution in [-0.2, 0) is 16.2 Å². The van der Waals surface area contributed by atoms with Crippen LogP contribution in [0.5, 0.6) is 0 Å². The van der Waals surface area contributed by atoms with Crippen molar-refractivity contribution in [1.82, 2.24) is 4.98 Å². The van der Waals surface area contributed by atoms with Gasteiger partial charge in [0.1, 0.15) is 12.4 Å². The lowest BCUT2D eigenvalue weighted by Crippen LogP contribution is -2.14. The van der Waals surface area contributed by atoms with Crippen LogP contribution in [0, 0.1) is 0 Å². The fourth-order valence-electron chi connectivity index (χ4n) is 1.30. The minimum absolute atomic E-state index is 0.0891. The molecule has 0 amide bonds. The molecule has 92 valence electrons. The second-order valence-electron chi connectivity index (χ2n) is 3.04. The Morgan fingerprint density at radius 2 is 2.12 bits per heavy atom. The molecule has 0 aliphatic rings. The van der Waals surface area contributed by atoms with Crippen LogP contribution >= 0.6 is 0 Å². The summed E-state index contributed by atoms with van der Waals surface area (Å²) in [6.07, 6.45) is 0.984. The van der Waals surface area contributed by atoms with Gasteiger partial charge in [-0.25, -0.2) is 14.0 Å². The number of halogens is 1. The molecule has 0 aliphatic heterocycles. The molecule has 0 bridgehead atoms. The van der Waals surface area contributed by atoms with Gasteiger partial charge in [0.05, 0.1) is 12.2 Å². The number of carboxylic acids is 1. The number of carbonyl (C=O) groups is 3. The van der Waals surface area contributed by atoms with E-state index in [-0.39, 0.29) is 23.4 Å². The third-order valence-electron chi connectivity index (χ3n) is 2.04. The minimum atomic E-state index is -1.71. The number of carbonyl (C=O) groups excluding carboxylic acids is 2. The van der Waals surface area contributed by atoms with E-state index in [0.717, 1.165) is 6.20 Å². The van der Waals surface area contributed by atoms with E-state index in [9.17, 15) is 18.8 Å². The summed E-state index contributed by atoms with van der Waals surface area (Å²) in [7, 11) is 0. The molecular weight excluding hydrogens is 233 g/mol. The molecule has 0 saturated heterocycles. The fraction of sp³-hybridized carbons (Fsp3) is 0.300. The number of Topliss-reactive ketones (excluding diaryl/α,β-unsaturated/α-hetero) is 1. The summed E-state index contributed by atoms with van der Waals surface area (Å²) < 4.78 is 17.4. The number of alkyl halides is 1. The quantitative estimate of drug-likeness (QED) is 0.455. The van der Waals surface area contributed by atoms with E-state index < -0.39 is 24.4 Å². The Morgan fingerprint density at radius 3 is 2.59 bits per heavy atom. The van der Waals surface area contributed by atoms with Crippen LogP contribution in [0.2, 0.25) is 0 Å². The molecule has 1 heterocycles. The van der Waals surface area contributed by atoms with Crippen molar-refractivity contribution in [2.45, 2.75) is 13.6 Å². The lowest BCUT2D eigenvalue weighted by atomic mass is 10.1. The van der Waals surface area contributed by atoms with Crippen LogP contribution in [-0.4, -0.2) is 34.4 Å². The molecule has 2 N–H and O–H groups in total. The number of hydrogen-bond donors (Lipinski definition) is 2. The summed E-state index contributed by atoms with van der Waals surface area (Å²) >= 11 is 0. The Hall–Kier alpha value is -2.18. The Labute approximate surface area is 95.4 Å². The van der Waals surface area contributed by atoms with E-state index in [0.29, 0.717) is 0 Å². The third kappa shape index (κ3) is 2.49. The highest BCUT2D eigenvalue weighted by Crippen LogP contribution is 2.17. The van der Waals surface area contributed by atoms with Crippen molar-refractivity contribution in [1.29, 1.82) is 0 Å². The average Bonchev–Trinajstić information content (AvgIpc) is 2.71. The number of esters is 1. The number of hydrogen-bond acceptors (Lipinski definition) is 4. The molecule has 0 unspecified atom stereocenters. The smallest absolute Gasteiger partial charge is 0.377 e. The monoisotopic (exact) mass is 243 g/mol. The summed E-state index contributed by atoms with van der Waals surface area (Å²) in [6, 6.07) is 0. The number of aromatic amines is 1. The summed E-state index contributed by atoms with van der Waals surface area (Å²) in [5.41, 5.74) is -0.905. The number of ether oxygens (including phenoxy) is 1. The summed E-state index contributed by atoms with van der Waals surface area (Å²) in [5, 5.41) is 8.50. The third-order valence-corrected chi connectivity index (χ3v) is 2.04. The number of carboxylic acid groups (broad SMARTS) is 1. The van der Waals surface area contributed by atoms with E-state index in [1.807, 2.05) is 0 Å². The summed E-state index contributed by atoms with van der Waals surface area (Å²) in [6.45, 7) is 0.525. The number of aromatic nitrogens is 1. The van der Waals surface area contributed by atoms with Gasteiger partial charge in [-0.05, 0) is 6.92 Å². The van der Waals surface area contributed by atoms with Gasteiger partial charge in [0.25, 0.3) is 5.78 Å². The normalized spacial score (nSPS) is 10.0. The Kier molecular flexibility index (Phi) is 3.97. The second kappa shape index (κ2) is 5.24. The Bertz CT molecular complexity index is 465. The molecule has 0 aromatic carbocycles. The number of nitrogens with one attached hydrogen (secondary N) is 1. The first-order valence-corrected chi connectivity index (χ1v) is 4.73. The highest BCUT2D eigenvalue weighted by molar-refractivity contribution is 6.40. The van der Waals surface area contributed by atoms with Gasteiger partial charge < -0.3 is 14.8 Å². The van der Waals surface area contributed by atoms with Gasteiger partial charge in [0, 0.05) is 11.8 Å². The van der Waals surface area contributed by atoms with Gasteiger partial charge in [-0.3, -0.25) is 4.79 Å². The zero-order chi connectivity index (χ0) is 13.0. The molecule has 17 heavy (non-hydrogen) atoms. The molecule has 6 nitrogen and oxygen atoms in total. The van der Waals surface area contributed by atoms with Crippen molar-refractivity contribution in [3.05, 3.63) is 23.0 Å². The van der Waals surface area contributed by atoms with Crippen LogP contribution in [0.3, 0.4) is 0 Å². The molecule has 0 radical (unpaired) electrons. The van der Waals surface area contributed by atoms with Gasteiger partial charge in [-0.1, -0.05) is 0 Å². The molecule has 0 fully saturated rings.